The van der Waals surface area contributed by atoms with Crippen LogP contribution in [0.2, 0.25) is 0 Å². The van der Waals surface area contributed by atoms with E-state index in [2.05, 4.69) is 33.2 Å². The molecule has 6 heteroatoms. The topological polar surface area (TPSA) is 59.0 Å². The number of amides is 2. The van der Waals surface area contributed by atoms with Crippen molar-refractivity contribution in [3.8, 4) is 5.75 Å². The number of hydrogen-bond acceptors (Lipinski definition) is 4. The number of benzene rings is 2. The number of halogens is 1. The Morgan fingerprint density at radius 2 is 1.59 bits per heavy atom. The maximum Gasteiger partial charge on any atom is 0.254 e. The summed E-state index contributed by atoms with van der Waals surface area (Å²) in [6.45, 7) is 0.483. The van der Waals surface area contributed by atoms with E-state index in [0.29, 0.717) is 6.61 Å². The van der Waals surface area contributed by atoms with Gasteiger partial charge in [-0.1, -0.05) is 40.2 Å². The first kappa shape index (κ1) is 18.3. The van der Waals surface area contributed by atoms with Gasteiger partial charge in [-0.2, -0.15) is 10.1 Å². The maximum absolute atomic E-state index is 12.6. The summed E-state index contributed by atoms with van der Waals surface area (Å²) in [5.74, 6) is 0.376. The molecule has 0 radical (unpaired) electrons. The highest BCUT2D eigenvalue weighted by atomic mass is 79.9. The highest BCUT2D eigenvalue weighted by molar-refractivity contribution is 9.10. The lowest BCUT2D eigenvalue weighted by atomic mass is 9.85. The van der Waals surface area contributed by atoms with Crippen LogP contribution in [0.25, 0.3) is 0 Å². The molecule has 146 valence electrons. The minimum Gasteiger partial charge on any atom is -0.489 e. The average Bonchev–Trinajstić information content (AvgIpc) is 3.41. The molecule has 4 atom stereocenters. The SMILES string of the molecule is O=C1C2C3C=CC(C3)C2C(=O)N1/N=C/c1ccc(OCc2ccc(Br)cc2)cc1. The predicted octanol–water partition coefficient (Wildman–Crippen LogP) is 4.17. The molecule has 29 heavy (non-hydrogen) atoms. The van der Waals surface area contributed by atoms with Crippen LogP contribution in [0.15, 0.2) is 70.3 Å². The Kier molecular flexibility index (Phi) is 4.59. The monoisotopic (exact) mass is 450 g/mol. The van der Waals surface area contributed by atoms with Gasteiger partial charge in [0.2, 0.25) is 0 Å². The van der Waals surface area contributed by atoms with Crippen LogP contribution in [-0.4, -0.2) is 23.0 Å². The number of ether oxygens (including phenoxy) is 1. The number of imide groups is 1. The van der Waals surface area contributed by atoms with Gasteiger partial charge in [0.25, 0.3) is 11.8 Å². The number of hydrogen-bond donors (Lipinski definition) is 0. The number of fused-ring (bicyclic) bond motifs is 5. The molecule has 2 fully saturated rings. The lowest BCUT2D eigenvalue weighted by Crippen LogP contribution is -2.28. The van der Waals surface area contributed by atoms with Crippen molar-refractivity contribution in [1.82, 2.24) is 5.01 Å². The van der Waals surface area contributed by atoms with Crippen LogP contribution in [-0.2, 0) is 16.2 Å². The van der Waals surface area contributed by atoms with Crippen LogP contribution in [0, 0.1) is 23.7 Å². The van der Waals surface area contributed by atoms with Gasteiger partial charge in [-0.3, -0.25) is 9.59 Å². The molecule has 2 amide bonds. The standard InChI is InChI=1S/C23H19BrN2O3/c24-18-7-1-15(2-8-18)13-29-19-9-3-14(4-10-19)12-25-26-22(27)20-16-5-6-17(11-16)21(20)23(26)28/h1-10,12,16-17,20-21H,11,13H2/b25-12+. The number of carbonyl (C=O) groups is 2. The number of rotatable bonds is 5. The van der Waals surface area contributed by atoms with Crippen LogP contribution in [0.4, 0.5) is 0 Å². The van der Waals surface area contributed by atoms with Crippen LogP contribution >= 0.6 is 15.9 Å². The molecule has 1 saturated carbocycles. The molecule has 2 aliphatic carbocycles. The quantitative estimate of drug-likeness (QED) is 0.390. The first-order chi connectivity index (χ1) is 14.1. The van der Waals surface area contributed by atoms with Gasteiger partial charge >= 0.3 is 0 Å². The largest absolute Gasteiger partial charge is 0.489 e. The predicted molar refractivity (Wildman–Crippen MR) is 112 cm³/mol. The van der Waals surface area contributed by atoms with Crippen molar-refractivity contribution < 1.29 is 14.3 Å². The molecule has 0 N–H and O–H groups in total. The molecular weight excluding hydrogens is 432 g/mol. The van der Waals surface area contributed by atoms with E-state index in [1.165, 1.54) is 0 Å². The highest BCUT2D eigenvalue weighted by Gasteiger charge is 2.59. The second kappa shape index (κ2) is 7.26. The van der Waals surface area contributed by atoms with Gasteiger partial charge in [0, 0.05) is 4.47 Å². The molecular formula is C23H19BrN2O3. The molecule has 0 spiro atoms. The van der Waals surface area contributed by atoms with E-state index in [1.807, 2.05) is 48.5 Å². The van der Waals surface area contributed by atoms with Gasteiger partial charge in [0.05, 0.1) is 18.1 Å². The summed E-state index contributed by atoms with van der Waals surface area (Å²) < 4.78 is 6.83. The number of nitrogens with zero attached hydrogens (tertiary/aromatic N) is 2. The minimum absolute atomic E-state index is 0.164. The van der Waals surface area contributed by atoms with Gasteiger partial charge < -0.3 is 4.74 Å². The zero-order chi connectivity index (χ0) is 20.0. The number of carbonyl (C=O) groups excluding carboxylic acids is 2. The van der Waals surface area contributed by atoms with E-state index >= 15 is 0 Å². The highest BCUT2D eigenvalue weighted by Crippen LogP contribution is 2.52. The van der Waals surface area contributed by atoms with Crippen LogP contribution in [0.3, 0.4) is 0 Å². The minimum atomic E-state index is -0.218. The second-order valence-corrected chi connectivity index (χ2v) is 8.63. The van der Waals surface area contributed by atoms with Crippen molar-refractivity contribution in [3.05, 3.63) is 76.3 Å². The van der Waals surface area contributed by atoms with E-state index in [9.17, 15) is 9.59 Å². The Labute approximate surface area is 177 Å². The van der Waals surface area contributed by atoms with E-state index in [1.54, 1.807) is 6.21 Å². The smallest absolute Gasteiger partial charge is 0.254 e. The van der Waals surface area contributed by atoms with Crippen LogP contribution < -0.4 is 4.74 Å². The van der Waals surface area contributed by atoms with Crippen molar-refractivity contribution in [3.63, 3.8) is 0 Å². The Morgan fingerprint density at radius 1 is 0.966 bits per heavy atom. The lowest BCUT2D eigenvalue weighted by molar-refractivity contribution is -0.140. The summed E-state index contributed by atoms with van der Waals surface area (Å²) in [5, 5.41) is 5.27. The summed E-state index contributed by atoms with van der Waals surface area (Å²) >= 11 is 3.42. The fraction of sp³-hybridized carbons (Fsp3) is 0.261. The molecule has 1 saturated heterocycles. The van der Waals surface area contributed by atoms with Crippen molar-refractivity contribution in [2.45, 2.75) is 13.0 Å². The van der Waals surface area contributed by atoms with Crippen molar-refractivity contribution in [2.75, 3.05) is 0 Å². The first-order valence-electron chi connectivity index (χ1n) is 9.67. The summed E-state index contributed by atoms with van der Waals surface area (Å²) in [5.41, 5.74) is 1.89. The molecule has 3 aliphatic rings. The van der Waals surface area contributed by atoms with E-state index in [-0.39, 0.29) is 35.5 Å². The third-order valence-electron chi connectivity index (χ3n) is 5.97. The Hall–Kier alpha value is -2.73. The van der Waals surface area contributed by atoms with E-state index < -0.39 is 0 Å². The number of hydrazone groups is 1. The van der Waals surface area contributed by atoms with Crippen molar-refractivity contribution >= 4 is 34.0 Å². The van der Waals surface area contributed by atoms with Gasteiger partial charge in [0.15, 0.2) is 0 Å². The van der Waals surface area contributed by atoms with Gasteiger partial charge in [0.1, 0.15) is 12.4 Å². The molecule has 1 aliphatic heterocycles. The first-order valence-corrected chi connectivity index (χ1v) is 10.5. The lowest BCUT2D eigenvalue weighted by Gasteiger charge is -2.13. The van der Waals surface area contributed by atoms with Crippen molar-refractivity contribution in [1.29, 1.82) is 0 Å². The Balaban J connectivity index is 1.22. The van der Waals surface area contributed by atoms with Gasteiger partial charge in [-0.15, -0.1) is 0 Å². The van der Waals surface area contributed by atoms with E-state index in [0.717, 1.165) is 32.8 Å². The maximum atomic E-state index is 12.6. The molecule has 0 aromatic heterocycles. The fourth-order valence-corrected chi connectivity index (χ4v) is 4.79. The van der Waals surface area contributed by atoms with Gasteiger partial charge in [-0.25, -0.2) is 0 Å². The van der Waals surface area contributed by atoms with Crippen LogP contribution in [0.5, 0.6) is 5.75 Å². The molecule has 4 unspecified atom stereocenters. The molecule has 1 heterocycles. The van der Waals surface area contributed by atoms with Gasteiger partial charge in [-0.05, 0) is 65.8 Å². The molecule has 5 nitrogen and oxygen atoms in total. The Bertz CT molecular complexity index is 983. The zero-order valence-corrected chi connectivity index (χ0v) is 17.2. The zero-order valence-electron chi connectivity index (χ0n) is 15.6. The fourth-order valence-electron chi connectivity index (χ4n) is 4.52. The second-order valence-electron chi connectivity index (χ2n) is 7.72. The normalized spacial score (nSPS) is 27.3. The third-order valence-corrected chi connectivity index (χ3v) is 6.50. The molecule has 2 aromatic rings. The number of allylic oxidation sites excluding steroid dienone is 2. The summed E-state index contributed by atoms with van der Waals surface area (Å²) in [6, 6.07) is 15.4. The van der Waals surface area contributed by atoms with Crippen molar-refractivity contribution in [2.24, 2.45) is 28.8 Å². The molecule has 2 aromatic carbocycles. The third kappa shape index (κ3) is 3.31. The molecule has 2 bridgehead atoms. The Morgan fingerprint density at radius 3 is 2.21 bits per heavy atom. The summed E-state index contributed by atoms with van der Waals surface area (Å²) in [7, 11) is 0. The van der Waals surface area contributed by atoms with E-state index in [4.69, 9.17) is 4.74 Å². The average molecular weight is 451 g/mol. The summed E-state index contributed by atoms with van der Waals surface area (Å²) in [6.07, 6.45) is 6.64. The molecule has 5 rings (SSSR count). The summed E-state index contributed by atoms with van der Waals surface area (Å²) in [4.78, 5) is 25.3. The van der Waals surface area contributed by atoms with Crippen LogP contribution in [0.1, 0.15) is 17.5 Å².